The molecule has 34 heavy (non-hydrogen) atoms. The quantitative estimate of drug-likeness (QED) is 0.258. The molecule has 4 atom stereocenters. The van der Waals surface area contributed by atoms with Crippen LogP contribution in [0.15, 0.2) is 0 Å². The summed E-state index contributed by atoms with van der Waals surface area (Å²) in [6, 6.07) is -2.00. The molecular formula is C26H51N3O5. The second kappa shape index (κ2) is 16.0. The number of amides is 3. The maximum absolute atomic E-state index is 13.1. The van der Waals surface area contributed by atoms with Crippen LogP contribution < -0.4 is 16.0 Å². The van der Waals surface area contributed by atoms with Gasteiger partial charge in [-0.2, -0.15) is 0 Å². The lowest BCUT2D eigenvalue weighted by atomic mass is 9.97. The highest BCUT2D eigenvalue weighted by Gasteiger charge is 2.33. The fourth-order valence-corrected chi connectivity index (χ4v) is 3.67. The lowest BCUT2D eigenvalue weighted by molar-refractivity contribution is -0.132. The summed E-state index contributed by atoms with van der Waals surface area (Å²) in [6.45, 7) is 16.8. The number of carbonyl (C=O) groups excluding carboxylic acids is 3. The molecule has 0 radical (unpaired) electrons. The van der Waals surface area contributed by atoms with E-state index in [1.54, 1.807) is 20.8 Å². The second-order valence-corrected chi connectivity index (χ2v) is 10.9. The molecule has 0 aliphatic carbocycles. The normalized spacial score (nSPS) is 15.4. The molecule has 0 rings (SSSR count). The van der Waals surface area contributed by atoms with Crippen LogP contribution in [0.4, 0.5) is 4.79 Å². The predicted molar refractivity (Wildman–Crippen MR) is 136 cm³/mol. The van der Waals surface area contributed by atoms with Crippen LogP contribution in [-0.4, -0.2) is 52.8 Å². The minimum Gasteiger partial charge on any atom is -0.444 e. The van der Waals surface area contributed by atoms with Crippen molar-refractivity contribution in [3.63, 3.8) is 0 Å². The third kappa shape index (κ3) is 13.2. The van der Waals surface area contributed by atoms with E-state index in [1.807, 2.05) is 34.6 Å². The Morgan fingerprint density at radius 1 is 0.765 bits per heavy atom. The number of ether oxygens (including phenoxy) is 1. The van der Waals surface area contributed by atoms with Crippen LogP contribution in [0.1, 0.15) is 107 Å². The predicted octanol–water partition coefficient (Wildman–Crippen LogP) is 4.29. The molecule has 0 aliphatic heterocycles. The molecule has 0 aromatic heterocycles. The van der Waals surface area contributed by atoms with Crippen LogP contribution in [-0.2, 0) is 14.3 Å². The SMILES string of the molecule is CCCCCCC(O)[C@H](CCC)NC(=O)C(NC(=O)C(NC(=O)OC(C)(C)C)C(C)C)C(C)C. The molecule has 0 aromatic rings. The van der Waals surface area contributed by atoms with Crippen molar-refractivity contribution in [3.8, 4) is 0 Å². The fourth-order valence-electron chi connectivity index (χ4n) is 3.67. The van der Waals surface area contributed by atoms with Crippen LogP contribution in [0.25, 0.3) is 0 Å². The van der Waals surface area contributed by atoms with E-state index in [9.17, 15) is 19.5 Å². The van der Waals surface area contributed by atoms with Crippen molar-refractivity contribution in [3.05, 3.63) is 0 Å². The molecule has 4 N–H and O–H groups in total. The van der Waals surface area contributed by atoms with Gasteiger partial charge in [0.2, 0.25) is 11.8 Å². The van der Waals surface area contributed by atoms with Gasteiger partial charge in [0, 0.05) is 0 Å². The summed E-state index contributed by atoms with van der Waals surface area (Å²) in [5, 5.41) is 19.1. The van der Waals surface area contributed by atoms with E-state index >= 15 is 0 Å². The molecule has 3 unspecified atom stereocenters. The van der Waals surface area contributed by atoms with Crippen molar-refractivity contribution in [2.75, 3.05) is 0 Å². The summed E-state index contributed by atoms with van der Waals surface area (Å²) >= 11 is 0. The van der Waals surface area contributed by atoms with E-state index in [4.69, 9.17) is 4.74 Å². The van der Waals surface area contributed by atoms with Gasteiger partial charge in [0.25, 0.3) is 0 Å². The van der Waals surface area contributed by atoms with Crippen molar-refractivity contribution in [2.24, 2.45) is 11.8 Å². The van der Waals surface area contributed by atoms with Gasteiger partial charge in [-0.25, -0.2) is 4.79 Å². The summed E-state index contributed by atoms with van der Waals surface area (Å²) in [5.74, 6) is -1.15. The molecule has 3 amide bonds. The number of aliphatic hydroxyl groups excluding tert-OH is 1. The molecule has 0 saturated carbocycles. The van der Waals surface area contributed by atoms with Crippen molar-refractivity contribution in [1.82, 2.24) is 16.0 Å². The number of nitrogens with one attached hydrogen (secondary N) is 3. The zero-order chi connectivity index (χ0) is 26.5. The Bertz CT molecular complexity index is 616. The minimum absolute atomic E-state index is 0.178. The van der Waals surface area contributed by atoms with Gasteiger partial charge in [0.1, 0.15) is 17.7 Å². The van der Waals surface area contributed by atoms with E-state index < -0.39 is 35.8 Å². The molecule has 200 valence electrons. The van der Waals surface area contributed by atoms with Crippen molar-refractivity contribution >= 4 is 17.9 Å². The number of hydrogen-bond acceptors (Lipinski definition) is 5. The number of alkyl carbamates (subject to hydrolysis) is 1. The van der Waals surface area contributed by atoms with Gasteiger partial charge in [0.15, 0.2) is 0 Å². The number of rotatable bonds is 15. The Hall–Kier alpha value is -1.83. The Labute approximate surface area is 207 Å². The Balaban J connectivity index is 5.27. The average Bonchev–Trinajstić information content (AvgIpc) is 2.70. The highest BCUT2D eigenvalue weighted by atomic mass is 16.6. The molecule has 0 aliphatic rings. The summed E-state index contributed by atoms with van der Waals surface area (Å²) in [7, 11) is 0. The second-order valence-electron chi connectivity index (χ2n) is 10.9. The summed E-state index contributed by atoms with van der Waals surface area (Å²) < 4.78 is 5.28. The highest BCUT2D eigenvalue weighted by Crippen LogP contribution is 2.14. The van der Waals surface area contributed by atoms with Crippen LogP contribution >= 0.6 is 0 Å². The number of hydrogen-bond donors (Lipinski definition) is 4. The molecule has 8 heteroatoms. The summed E-state index contributed by atoms with van der Waals surface area (Å²) in [5.41, 5.74) is -0.686. The van der Waals surface area contributed by atoms with E-state index in [1.165, 1.54) is 0 Å². The monoisotopic (exact) mass is 485 g/mol. The minimum atomic E-state index is -0.848. The average molecular weight is 486 g/mol. The molecule has 8 nitrogen and oxygen atoms in total. The number of unbranched alkanes of at least 4 members (excludes halogenated alkanes) is 3. The maximum atomic E-state index is 13.1. The third-order valence-electron chi connectivity index (χ3n) is 5.61. The maximum Gasteiger partial charge on any atom is 0.408 e. The molecular weight excluding hydrogens is 434 g/mol. The van der Waals surface area contributed by atoms with Gasteiger partial charge in [-0.1, -0.05) is 73.6 Å². The first kappa shape index (κ1) is 32.2. The van der Waals surface area contributed by atoms with Gasteiger partial charge in [0.05, 0.1) is 12.1 Å². The number of aliphatic hydroxyl groups is 1. The third-order valence-corrected chi connectivity index (χ3v) is 5.61. The molecule has 0 fully saturated rings. The summed E-state index contributed by atoms with van der Waals surface area (Å²) in [6.07, 6.45) is 5.06. The van der Waals surface area contributed by atoms with Gasteiger partial charge in [-0.3, -0.25) is 9.59 Å². The lowest BCUT2D eigenvalue weighted by Crippen LogP contribution is -2.59. The Kier molecular flexibility index (Phi) is 15.1. The summed E-state index contributed by atoms with van der Waals surface area (Å²) in [4.78, 5) is 38.4. The first-order valence-electron chi connectivity index (χ1n) is 13.0. The standard InChI is InChI=1S/C26H51N3O5/c1-10-12-13-14-16-20(30)19(15-11-2)27-23(31)21(17(3)4)28-24(32)22(18(5)6)29-25(33)34-26(7,8)9/h17-22,30H,10-16H2,1-9H3,(H,27,31)(H,28,32)(H,29,33)/t19-,20?,21?,22?/m0/s1. The molecule has 0 aromatic carbocycles. The zero-order valence-corrected chi connectivity index (χ0v) is 23.0. The topological polar surface area (TPSA) is 117 Å². The molecule has 0 bridgehead atoms. The van der Waals surface area contributed by atoms with E-state index in [-0.39, 0.29) is 23.8 Å². The van der Waals surface area contributed by atoms with Crippen molar-refractivity contribution < 1.29 is 24.2 Å². The number of carbonyl (C=O) groups is 3. The largest absolute Gasteiger partial charge is 0.444 e. The van der Waals surface area contributed by atoms with Crippen LogP contribution in [0, 0.1) is 11.8 Å². The van der Waals surface area contributed by atoms with Crippen LogP contribution in [0.2, 0.25) is 0 Å². The smallest absolute Gasteiger partial charge is 0.408 e. The Morgan fingerprint density at radius 2 is 1.29 bits per heavy atom. The first-order chi connectivity index (χ1) is 15.7. The molecule has 0 spiro atoms. The molecule has 0 saturated heterocycles. The van der Waals surface area contributed by atoms with Gasteiger partial charge in [-0.15, -0.1) is 0 Å². The molecule has 0 heterocycles. The zero-order valence-electron chi connectivity index (χ0n) is 23.0. The first-order valence-corrected chi connectivity index (χ1v) is 13.0. The Morgan fingerprint density at radius 3 is 1.76 bits per heavy atom. The van der Waals surface area contributed by atoms with Crippen molar-refractivity contribution in [1.29, 1.82) is 0 Å². The lowest BCUT2D eigenvalue weighted by Gasteiger charge is -2.30. The van der Waals surface area contributed by atoms with Crippen molar-refractivity contribution in [2.45, 2.75) is 137 Å². The van der Waals surface area contributed by atoms with Crippen LogP contribution in [0.5, 0.6) is 0 Å². The van der Waals surface area contributed by atoms with Gasteiger partial charge < -0.3 is 25.8 Å². The fraction of sp³-hybridized carbons (Fsp3) is 0.885. The van der Waals surface area contributed by atoms with Gasteiger partial charge in [-0.05, 0) is 45.4 Å². The van der Waals surface area contributed by atoms with E-state index in [0.29, 0.717) is 12.8 Å². The van der Waals surface area contributed by atoms with E-state index in [2.05, 4.69) is 22.9 Å². The van der Waals surface area contributed by atoms with Crippen LogP contribution in [0.3, 0.4) is 0 Å². The van der Waals surface area contributed by atoms with Gasteiger partial charge >= 0.3 is 6.09 Å². The highest BCUT2D eigenvalue weighted by molar-refractivity contribution is 5.91. The van der Waals surface area contributed by atoms with E-state index in [0.717, 1.165) is 32.1 Å².